The van der Waals surface area contributed by atoms with Crippen molar-refractivity contribution in [1.82, 2.24) is 0 Å². The van der Waals surface area contributed by atoms with E-state index in [1.54, 1.807) is 0 Å². The lowest BCUT2D eigenvalue weighted by atomic mass is 9.98. The molecule has 0 amide bonds. The van der Waals surface area contributed by atoms with E-state index in [0.29, 0.717) is 0 Å². The molecule has 1 rings (SSSR count). The van der Waals surface area contributed by atoms with Crippen molar-refractivity contribution in [2.75, 3.05) is 6.61 Å². The number of ether oxygens (including phenoxy) is 5. The van der Waals surface area contributed by atoms with Gasteiger partial charge in [0.15, 0.2) is 20.5 Å². The van der Waals surface area contributed by atoms with Gasteiger partial charge in [0.25, 0.3) is 0 Å². The molecule has 1 aliphatic heterocycles. The van der Waals surface area contributed by atoms with E-state index in [1.165, 1.54) is 6.92 Å². The monoisotopic (exact) mass is 420 g/mol. The fraction of sp³-hybridized carbons (Fsp3) is 0.765. The van der Waals surface area contributed by atoms with Gasteiger partial charge in [0, 0.05) is 27.7 Å². The number of hydrogen-bond donors (Lipinski definition) is 0. The Bertz CT molecular complexity index is 599. The van der Waals surface area contributed by atoms with Crippen LogP contribution in [0.15, 0.2) is 0 Å². The number of carbonyl (C=O) groups is 4. The Kier molecular flexibility index (Phi) is 8.58. The zero-order chi connectivity index (χ0) is 21.6. The van der Waals surface area contributed by atoms with Crippen molar-refractivity contribution >= 4 is 32.2 Å². The van der Waals surface area contributed by atoms with Crippen LogP contribution in [0.1, 0.15) is 27.7 Å². The standard InChI is InChI=1S/C17H28O10Si/c1-9(18)23-14-13(8-22-28(5,6)7)27-17(26-12(4)21)16(25-11(3)20)15(14)24-10(2)19/h13-17H,8H2,1-7H3/t13-,14-,15+,16-,17+/m1/s1. The maximum Gasteiger partial charge on any atom is 0.305 e. The lowest BCUT2D eigenvalue weighted by molar-refractivity contribution is -0.298. The maximum atomic E-state index is 11.7. The maximum absolute atomic E-state index is 11.7. The highest BCUT2D eigenvalue weighted by molar-refractivity contribution is 6.69. The minimum Gasteiger partial charge on any atom is -0.456 e. The zero-order valence-corrected chi connectivity index (χ0v) is 18.2. The highest BCUT2D eigenvalue weighted by Gasteiger charge is 2.53. The van der Waals surface area contributed by atoms with Crippen molar-refractivity contribution in [3.8, 4) is 0 Å². The molecule has 1 heterocycles. The summed E-state index contributed by atoms with van der Waals surface area (Å²) in [5.41, 5.74) is 0. The Hall–Kier alpha value is -1.98. The van der Waals surface area contributed by atoms with Crippen molar-refractivity contribution in [3.05, 3.63) is 0 Å². The molecule has 28 heavy (non-hydrogen) atoms. The molecule has 1 aliphatic rings. The summed E-state index contributed by atoms with van der Waals surface area (Å²) < 4.78 is 32.5. The molecule has 0 bridgehead atoms. The van der Waals surface area contributed by atoms with E-state index in [1.807, 2.05) is 19.6 Å². The Labute approximate surface area is 164 Å². The van der Waals surface area contributed by atoms with Crippen LogP contribution < -0.4 is 0 Å². The molecule has 0 saturated carbocycles. The Morgan fingerprint density at radius 3 is 1.57 bits per heavy atom. The summed E-state index contributed by atoms with van der Waals surface area (Å²) in [7, 11) is -1.98. The molecular formula is C17H28O10Si. The molecule has 160 valence electrons. The van der Waals surface area contributed by atoms with Crippen LogP contribution >= 0.6 is 0 Å². The molecule has 1 saturated heterocycles. The van der Waals surface area contributed by atoms with Gasteiger partial charge in [0.05, 0.1) is 6.61 Å². The number of esters is 4. The SMILES string of the molecule is CC(=O)O[C@H]1O[C@H](CO[Si](C)(C)C)[C@@H](OC(C)=O)[C@H](OC(C)=O)[C@H]1OC(C)=O. The summed E-state index contributed by atoms with van der Waals surface area (Å²) in [5, 5.41) is 0. The lowest BCUT2D eigenvalue weighted by Crippen LogP contribution is -2.63. The smallest absolute Gasteiger partial charge is 0.305 e. The van der Waals surface area contributed by atoms with E-state index in [0.717, 1.165) is 20.8 Å². The second-order valence-corrected chi connectivity index (χ2v) is 11.8. The van der Waals surface area contributed by atoms with Gasteiger partial charge in [0.2, 0.25) is 12.4 Å². The van der Waals surface area contributed by atoms with Crippen LogP contribution in [-0.4, -0.2) is 69.5 Å². The predicted molar refractivity (Wildman–Crippen MR) is 96.4 cm³/mol. The summed E-state index contributed by atoms with van der Waals surface area (Å²) in [6.45, 7) is 10.5. The first kappa shape index (κ1) is 24.1. The van der Waals surface area contributed by atoms with Gasteiger partial charge < -0.3 is 28.1 Å². The van der Waals surface area contributed by atoms with Crippen LogP contribution in [0.25, 0.3) is 0 Å². The molecule has 0 aliphatic carbocycles. The average molecular weight is 420 g/mol. The molecule has 11 heteroatoms. The number of rotatable bonds is 7. The van der Waals surface area contributed by atoms with Gasteiger partial charge in [-0.1, -0.05) is 0 Å². The van der Waals surface area contributed by atoms with Crippen LogP contribution in [-0.2, 0) is 47.3 Å². The van der Waals surface area contributed by atoms with Gasteiger partial charge in [-0.15, -0.1) is 0 Å². The number of hydrogen-bond acceptors (Lipinski definition) is 10. The van der Waals surface area contributed by atoms with Crippen molar-refractivity contribution in [2.24, 2.45) is 0 Å². The molecular weight excluding hydrogens is 392 g/mol. The predicted octanol–water partition coefficient (Wildman–Crippen LogP) is 0.921. The van der Waals surface area contributed by atoms with E-state index in [4.69, 9.17) is 28.1 Å². The van der Waals surface area contributed by atoms with Crippen molar-refractivity contribution in [2.45, 2.75) is 78.0 Å². The molecule has 0 N–H and O–H groups in total. The van der Waals surface area contributed by atoms with Gasteiger partial charge in [-0.25, -0.2) is 0 Å². The van der Waals surface area contributed by atoms with Crippen LogP contribution in [0, 0.1) is 0 Å². The van der Waals surface area contributed by atoms with E-state index in [2.05, 4.69) is 0 Å². The third-order valence-corrected chi connectivity index (χ3v) is 4.49. The first-order valence-electron chi connectivity index (χ1n) is 8.78. The summed E-state index contributed by atoms with van der Waals surface area (Å²) in [6.07, 6.45) is -5.99. The summed E-state index contributed by atoms with van der Waals surface area (Å²) in [6, 6.07) is 0. The third kappa shape index (κ3) is 7.95. The molecule has 5 atom stereocenters. The second kappa shape index (κ2) is 9.98. The first-order valence-corrected chi connectivity index (χ1v) is 12.2. The van der Waals surface area contributed by atoms with E-state index in [9.17, 15) is 19.2 Å². The normalized spacial score (nSPS) is 27.5. The van der Waals surface area contributed by atoms with Crippen LogP contribution in [0.5, 0.6) is 0 Å². The molecule has 0 aromatic carbocycles. The van der Waals surface area contributed by atoms with Gasteiger partial charge >= 0.3 is 23.9 Å². The topological polar surface area (TPSA) is 124 Å². The minimum atomic E-state index is -1.98. The van der Waals surface area contributed by atoms with Gasteiger partial charge in [-0.2, -0.15) is 0 Å². The minimum absolute atomic E-state index is 0.00398. The summed E-state index contributed by atoms with van der Waals surface area (Å²) >= 11 is 0. The Morgan fingerprint density at radius 2 is 1.14 bits per heavy atom. The average Bonchev–Trinajstić information content (AvgIpc) is 2.48. The van der Waals surface area contributed by atoms with Gasteiger partial charge in [0.1, 0.15) is 6.10 Å². The number of carbonyl (C=O) groups excluding carboxylic acids is 4. The van der Waals surface area contributed by atoms with Gasteiger partial charge in [-0.3, -0.25) is 19.2 Å². The zero-order valence-electron chi connectivity index (χ0n) is 17.2. The molecule has 0 aromatic rings. The molecule has 0 spiro atoms. The van der Waals surface area contributed by atoms with Gasteiger partial charge in [-0.05, 0) is 19.6 Å². The molecule has 10 nitrogen and oxygen atoms in total. The Morgan fingerprint density at radius 1 is 0.714 bits per heavy atom. The van der Waals surface area contributed by atoms with Crippen LogP contribution in [0.4, 0.5) is 0 Å². The highest BCUT2D eigenvalue weighted by atomic mass is 28.4. The summed E-state index contributed by atoms with van der Waals surface area (Å²) in [4.78, 5) is 46.3. The summed E-state index contributed by atoms with van der Waals surface area (Å²) in [5.74, 6) is -2.77. The van der Waals surface area contributed by atoms with Crippen LogP contribution in [0.3, 0.4) is 0 Å². The van der Waals surface area contributed by atoms with E-state index < -0.39 is 62.9 Å². The van der Waals surface area contributed by atoms with Crippen molar-refractivity contribution < 1.29 is 47.3 Å². The Balaban J connectivity index is 3.30. The van der Waals surface area contributed by atoms with Crippen molar-refractivity contribution in [1.29, 1.82) is 0 Å². The molecule has 0 unspecified atom stereocenters. The quantitative estimate of drug-likeness (QED) is 0.333. The van der Waals surface area contributed by atoms with E-state index >= 15 is 0 Å². The van der Waals surface area contributed by atoms with Crippen LogP contribution in [0.2, 0.25) is 19.6 Å². The first-order chi connectivity index (χ1) is 12.8. The molecule has 1 fully saturated rings. The largest absolute Gasteiger partial charge is 0.456 e. The molecule has 0 radical (unpaired) electrons. The van der Waals surface area contributed by atoms with E-state index in [-0.39, 0.29) is 6.61 Å². The molecule has 0 aromatic heterocycles. The fourth-order valence-corrected chi connectivity index (χ4v) is 3.24. The van der Waals surface area contributed by atoms with Crippen molar-refractivity contribution in [3.63, 3.8) is 0 Å². The second-order valence-electron chi connectivity index (χ2n) is 7.30. The third-order valence-electron chi connectivity index (χ3n) is 3.46. The lowest BCUT2D eigenvalue weighted by Gasteiger charge is -2.44. The fourth-order valence-electron chi connectivity index (χ4n) is 2.58. The highest BCUT2D eigenvalue weighted by Crippen LogP contribution is 2.30.